The molecule has 0 bridgehead atoms. The number of hydrogen-bond acceptors (Lipinski definition) is 3. The number of benzene rings is 1. The number of methoxy groups -OCH3 is 2. The lowest BCUT2D eigenvalue weighted by atomic mass is 9.98. The number of alkyl halides is 5. The Labute approximate surface area is 119 Å². The zero-order valence-electron chi connectivity index (χ0n) is 11.7. The summed E-state index contributed by atoms with van der Waals surface area (Å²) in [6, 6.07) is 1.53. The van der Waals surface area contributed by atoms with Crippen molar-refractivity contribution in [3.05, 3.63) is 23.8 Å². The molecule has 1 atom stereocenters. The van der Waals surface area contributed by atoms with Crippen LogP contribution in [0.25, 0.3) is 0 Å². The fourth-order valence-corrected chi connectivity index (χ4v) is 1.87. The van der Waals surface area contributed by atoms with Gasteiger partial charge in [-0.15, -0.1) is 0 Å². The van der Waals surface area contributed by atoms with E-state index in [1.54, 1.807) is 0 Å². The Morgan fingerprint density at radius 3 is 2.14 bits per heavy atom. The lowest BCUT2D eigenvalue weighted by Crippen LogP contribution is -2.48. The Hall–Kier alpha value is -1.57. The van der Waals surface area contributed by atoms with Crippen LogP contribution >= 0.6 is 0 Å². The van der Waals surface area contributed by atoms with Gasteiger partial charge in [0.1, 0.15) is 17.5 Å². The maximum Gasteiger partial charge on any atom is 0.455 e. The zero-order chi connectivity index (χ0) is 16.3. The minimum Gasteiger partial charge on any atom is -0.497 e. The number of halogens is 5. The van der Waals surface area contributed by atoms with Gasteiger partial charge in [0, 0.05) is 5.56 Å². The van der Waals surface area contributed by atoms with Crippen LogP contribution in [0, 0.1) is 0 Å². The van der Waals surface area contributed by atoms with Crippen molar-refractivity contribution in [2.75, 3.05) is 20.8 Å². The van der Waals surface area contributed by atoms with Crippen LogP contribution < -0.4 is 14.8 Å². The second-order valence-corrected chi connectivity index (χ2v) is 4.22. The quantitative estimate of drug-likeness (QED) is 0.815. The molecule has 1 rings (SSSR count). The minimum atomic E-state index is -5.69. The summed E-state index contributed by atoms with van der Waals surface area (Å²) in [6.45, 7) is 1.36. The van der Waals surface area contributed by atoms with Gasteiger partial charge >= 0.3 is 12.1 Å². The largest absolute Gasteiger partial charge is 0.497 e. The van der Waals surface area contributed by atoms with Crippen molar-refractivity contribution in [2.45, 2.75) is 25.1 Å². The smallest absolute Gasteiger partial charge is 0.455 e. The molecule has 0 heterocycles. The normalized spacial score (nSPS) is 13.9. The van der Waals surface area contributed by atoms with E-state index in [1.807, 2.05) is 0 Å². The van der Waals surface area contributed by atoms with E-state index in [4.69, 9.17) is 9.47 Å². The van der Waals surface area contributed by atoms with Crippen molar-refractivity contribution >= 4 is 0 Å². The zero-order valence-corrected chi connectivity index (χ0v) is 11.7. The van der Waals surface area contributed by atoms with Gasteiger partial charge in [0.15, 0.2) is 0 Å². The van der Waals surface area contributed by atoms with Gasteiger partial charge in [0.05, 0.1) is 14.2 Å². The second-order valence-electron chi connectivity index (χ2n) is 4.22. The van der Waals surface area contributed by atoms with Crippen LogP contribution in [-0.4, -0.2) is 32.9 Å². The Bertz CT molecular complexity index is 476. The highest BCUT2D eigenvalue weighted by Gasteiger charge is 2.63. The van der Waals surface area contributed by atoms with Crippen LogP contribution in [0.1, 0.15) is 18.5 Å². The second kappa shape index (κ2) is 6.46. The molecular weight excluding hydrogens is 297 g/mol. The monoisotopic (exact) mass is 313 g/mol. The molecule has 1 N–H and O–H groups in total. The predicted molar refractivity (Wildman–Crippen MR) is 67.0 cm³/mol. The first kappa shape index (κ1) is 17.5. The van der Waals surface area contributed by atoms with E-state index in [0.29, 0.717) is 0 Å². The molecule has 0 spiro atoms. The van der Waals surface area contributed by atoms with E-state index in [2.05, 4.69) is 5.32 Å². The molecule has 0 aromatic heterocycles. The molecule has 0 radical (unpaired) electrons. The molecule has 3 nitrogen and oxygen atoms in total. The Morgan fingerprint density at radius 2 is 1.71 bits per heavy atom. The van der Waals surface area contributed by atoms with Crippen LogP contribution in [0.2, 0.25) is 0 Å². The molecule has 120 valence electrons. The third-order valence-electron chi connectivity index (χ3n) is 2.90. The first-order chi connectivity index (χ1) is 9.68. The molecule has 0 aliphatic carbocycles. The summed E-state index contributed by atoms with van der Waals surface area (Å²) in [5.74, 6) is -4.87. The maximum absolute atomic E-state index is 13.7. The SMILES string of the molecule is CCNC(c1cc(OC)ccc1OC)C(F)(F)C(F)(F)F. The average molecular weight is 313 g/mol. The average Bonchev–Trinajstić information content (AvgIpc) is 2.42. The van der Waals surface area contributed by atoms with Gasteiger partial charge in [-0.3, -0.25) is 0 Å². The van der Waals surface area contributed by atoms with Crippen molar-refractivity contribution in [2.24, 2.45) is 0 Å². The molecule has 0 amide bonds. The topological polar surface area (TPSA) is 30.5 Å². The van der Waals surface area contributed by atoms with E-state index < -0.39 is 18.1 Å². The first-order valence-corrected chi connectivity index (χ1v) is 6.08. The Morgan fingerprint density at radius 1 is 1.10 bits per heavy atom. The molecule has 1 unspecified atom stereocenters. The van der Waals surface area contributed by atoms with Gasteiger partial charge in [0.25, 0.3) is 0 Å². The predicted octanol–water partition coefficient (Wildman–Crippen LogP) is 3.55. The van der Waals surface area contributed by atoms with Crippen LogP contribution in [0.15, 0.2) is 18.2 Å². The summed E-state index contributed by atoms with van der Waals surface area (Å²) in [5, 5.41) is 2.17. The lowest BCUT2D eigenvalue weighted by Gasteiger charge is -2.30. The van der Waals surface area contributed by atoms with E-state index >= 15 is 0 Å². The van der Waals surface area contributed by atoms with Crippen molar-refractivity contribution < 1.29 is 31.4 Å². The van der Waals surface area contributed by atoms with E-state index in [1.165, 1.54) is 33.3 Å². The molecule has 0 saturated carbocycles. The summed E-state index contributed by atoms with van der Waals surface area (Å²) in [7, 11) is 2.48. The van der Waals surface area contributed by atoms with E-state index in [-0.39, 0.29) is 23.6 Å². The fourth-order valence-electron chi connectivity index (χ4n) is 1.87. The molecule has 0 saturated heterocycles. The van der Waals surface area contributed by atoms with E-state index in [0.717, 1.165) is 6.07 Å². The van der Waals surface area contributed by atoms with E-state index in [9.17, 15) is 22.0 Å². The maximum atomic E-state index is 13.7. The summed E-state index contributed by atoms with van der Waals surface area (Å²) >= 11 is 0. The molecule has 0 aliphatic heterocycles. The number of ether oxygens (including phenoxy) is 2. The van der Waals surface area contributed by atoms with Gasteiger partial charge in [-0.2, -0.15) is 22.0 Å². The van der Waals surface area contributed by atoms with Crippen molar-refractivity contribution in [1.82, 2.24) is 5.32 Å². The molecule has 1 aromatic rings. The van der Waals surface area contributed by atoms with Crippen molar-refractivity contribution in [3.8, 4) is 11.5 Å². The Kier molecular flexibility index (Phi) is 5.38. The first-order valence-electron chi connectivity index (χ1n) is 6.08. The third kappa shape index (κ3) is 3.55. The summed E-state index contributed by atoms with van der Waals surface area (Å²) in [6.07, 6.45) is -5.69. The highest BCUT2D eigenvalue weighted by Crippen LogP contribution is 2.47. The van der Waals surface area contributed by atoms with Crippen LogP contribution in [0.3, 0.4) is 0 Å². The van der Waals surface area contributed by atoms with Crippen LogP contribution in [0.4, 0.5) is 22.0 Å². The highest BCUT2D eigenvalue weighted by atomic mass is 19.4. The van der Waals surface area contributed by atoms with Crippen LogP contribution in [-0.2, 0) is 0 Å². The van der Waals surface area contributed by atoms with Gasteiger partial charge in [0.2, 0.25) is 0 Å². The van der Waals surface area contributed by atoms with Gasteiger partial charge < -0.3 is 14.8 Å². The van der Waals surface area contributed by atoms with Crippen LogP contribution in [0.5, 0.6) is 11.5 Å². The van der Waals surface area contributed by atoms with Crippen molar-refractivity contribution in [3.63, 3.8) is 0 Å². The molecule has 21 heavy (non-hydrogen) atoms. The lowest BCUT2D eigenvalue weighted by molar-refractivity contribution is -0.294. The molecule has 1 aromatic carbocycles. The summed E-state index contributed by atoms with van der Waals surface area (Å²) < 4.78 is 75.2. The number of rotatable bonds is 6. The Balaban J connectivity index is 3.41. The third-order valence-corrected chi connectivity index (χ3v) is 2.90. The van der Waals surface area contributed by atoms with Gasteiger partial charge in [-0.25, -0.2) is 0 Å². The van der Waals surface area contributed by atoms with Gasteiger partial charge in [-0.1, -0.05) is 6.92 Å². The molecule has 0 fully saturated rings. The highest BCUT2D eigenvalue weighted by molar-refractivity contribution is 5.43. The standard InChI is InChI=1S/C13H16F5NO2/c1-4-19-11(12(14,15)13(16,17)18)9-7-8(20-2)5-6-10(9)21-3/h5-7,11,19H,4H2,1-3H3. The van der Waals surface area contributed by atoms with Crippen molar-refractivity contribution in [1.29, 1.82) is 0 Å². The summed E-state index contributed by atoms with van der Waals surface area (Å²) in [4.78, 5) is 0. The van der Waals surface area contributed by atoms with Gasteiger partial charge in [-0.05, 0) is 24.7 Å². The minimum absolute atomic E-state index is 0.0727. The molecular formula is C13H16F5NO2. The fraction of sp³-hybridized carbons (Fsp3) is 0.538. The molecule has 8 heteroatoms. The summed E-state index contributed by atoms with van der Waals surface area (Å²) in [5.41, 5.74) is -0.318. The number of nitrogens with one attached hydrogen (secondary N) is 1. The molecule has 0 aliphatic rings. The number of hydrogen-bond donors (Lipinski definition) is 1.